The lowest BCUT2D eigenvalue weighted by molar-refractivity contribution is 0.507. The predicted molar refractivity (Wildman–Crippen MR) is 113 cm³/mol. The molecule has 0 fully saturated rings. The smallest absolute Gasteiger partial charge is 0.326 e. The van der Waals surface area contributed by atoms with Crippen molar-refractivity contribution in [2.75, 3.05) is 0 Å². The zero-order valence-corrected chi connectivity index (χ0v) is 16.4. The maximum Gasteiger partial charge on any atom is 0.326 e. The molecule has 0 aliphatic heterocycles. The number of nitrogens with zero attached hydrogens (tertiary/aromatic N) is 3. The molecule has 1 atom stereocenters. The van der Waals surface area contributed by atoms with Gasteiger partial charge in [0, 0.05) is 36.4 Å². The Balaban J connectivity index is 1.42. The second kappa shape index (κ2) is 7.66. The van der Waals surface area contributed by atoms with Crippen LogP contribution in [0, 0.1) is 0 Å². The topological polar surface area (TPSA) is 81.6 Å². The molecule has 2 aromatic carbocycles. The number of nitrogens with one attached hydrogen (secondary N) is 1. The molecule has 0 spiro atoms. The van der Waals surface area contributed by atoms with Gasteiger partial charge in [-0.1, -0.05) is 29.8 Å². The number of aryl methyl sites for hydroxylation is 2. The second-order valence-electron chi connectivity index (χ2n) is 7.09. The van der Waals surface area contributed by atoms with Crippen molar-refractivity contribution in [3.05, 3.63) is 75.9 Å². The van der Waals surface area contributed by atoms with E-state index < -0.39 is 0 Å². The molecule has 0 aliphatic carbocycles. The Kier molecular flexibility index (Phi) is 5.07. The molecule has 0 saturated carbocycles. The van der Waals surface area contributed by atoms with Crippen LogP contribution in [0.3, 0.4) is 0 Å². The summed E-state index contributed by atoms with van der Waals surface area (Å²) in [6.07, 6.45) is 5.50. The van der Waals surface area contributed by atoms with Crippen LogP contribution in [0.2, 0.25) is 5.02 Å². The lowest BCUT2D eigenvalue weighted by Crippen LogP contribution is -2.24. The molecule has 7 heteroatoms. The Morgan fingerprint density at radius 1 is 1.18 bits per heavy atom. The van der Waals surface area contributed by atoms with Gasteiger partial charge in [0.05, 0.1) is 17.2 Å². The fourth-order valence-corrected chi connectivity index (χ4v) is 3.49. The monoisotopic (exact) mass is 395 g/mol. The van der Waals surface area contributed by atoms with E-state index in [4.69, 9.17) is 17.3 Å². The number of nitrogens with two attached hydrogens (primary N) is 1. The van der Waals surface area contributed by atoms with E-state index in [0.29, 0.717) is 0 Å². The van der Waals surface area contributed by atoms with Crippen molar-refractivity contribution < 1.29 is 0 Å². The summed E-state index contributed by atoms with van der Waals surface area (Å²) in [4.78, 5) is 14.6. The molecule has 4 aromatic rings. The van der Waals surface area contributed by atoms with Crippen LogP contribution >= 0.6 is 11.6 Å². The van der Waals surface area contributed by atoms with E-state index in [1.54, 1.807) is 11.6 Å². The van der Waals surface area contributed by atoms with Gasteiger partial charge in [-0.25, -0.2) is 4.79 Å². The quantitative estimate of drug-likeness (QED) is 0.525. The Hall–Kier alpha value is -2.83. The van der Waals surface area contributed by atoms with Gasteiger partial charge in [-0.05, 0) is 48.2 Å². The summed E-state index contributed by atoms with van der Waals surface area (Å²) in [5.74, 6) is 0. The van der Waals surface area contributed by atoms with Gasteiger partial charge in [-0.2, -0.15) is 5.10 Å². The standard InChI is InChI=1S/C21H22ClN5O/c1-26-20-11-15(4-7-19(20)25-21(26)28)16-12-24-27(13-16)9-8-18(23)10-14-2-5-17(22)6-3-14/h2-7,11-13,18H,8-10,23H2,1H3,(H,25,28)/t18-/m1/s1. The molecule has 144 valence electrons. The second-order valence-corrected chi connectivity index (χ2v) is 7.53. The van der Waals surface area contributed by atoms with Crippen LogP contribution < -0.4 is 11.4 Å². The van der Waals surface area contributed by atoms with Gasteiger partial charge in [0.25, 0.3) is 0 Å². The Morgan fingerprint density at radius 3 is 2.75 bits per heavy atom. The lowest BCUT2D eigenvalue weighted by atomic mass is 10.0. The number of rotatable bonds is 6. The summed E-state index contributed by atoms with van der Waals surface area (Å²) in [6.45, 7) is 0.750. The van der Waals surface area contributed by atoms with Crippen LogP contribution in [-0.2, 0) is 20.0 Å². The predicted octanol–water partition coefficient (Wildman–Crippen LogP) is 3.34. The number of hydrogen-bond acceptors (Lipinski definition) is 3. The van der Waals surface area contributed by atoms with Gasteiger partial charge < -0.3 is 10.7 Å². The maximum absolute atomic E-state index is 11.8. The van der Waals surface area contributed by atoms with Crippen LogP contribution in [0.15, 0.2) is 59.7 Å². The highest BCUT2D eigenvalue weighted by molar-refractivity contribution is 6.30. The molecule has 2 aromatic heterocycles. The summed E-state index contributed by atoms with van der Waals surface area (Å²) in [6, 6.07) is 13.8. The summed E-state index contributed by atoms with van der Waals surface area (Å²) in [5, 5.41) is 5.19. The number of benzene rings is 2. The Bertz CT molecular complexity index is 1160. The SMILES string of the molecule is Cn1c(=O)[nH]c2ccc(-c3cnn(CC[C@@H](N)Cc4ccc(Cl)cc4)c3)cc21. The van der Waals surface area contributed by atoms with Gasteiger partial charge in [0.2, 0.25) is 0 Å². The number of fused-ring (bicyclic) bond motifs is 1. The van der Waals surface area contributed by atoms with Crippen molar-refractivity contribution in [2.24, 2.45) is 12.8 Å². The normalized spacial score (nSPS) is 12.5. The van der Waals surface area contributed by atoms with Crippen molar-refractivity contribution >= 4 is 22.6 Å². The van der Waals surface area contributed by atoms with E-state index in [0.717, 1.165) is 46.6 Å². The van der Waals surface area contributed by atoms with Crippen LogP contribution in [0.25, 0.3) is 22.2 Å². The zero-order chi connectivity index (χ0) is 19.7. The minimum absolute atomic E-state index is 0.0551. The van der Waals surface area contributed by atoms with Crippen LogP contribution in [0.1, 0.15) is 12.0 Å². The number of hydrogen-bond donors (Lipinski definition) is 2. The number of H-pyrrole nitrogens is 1. The van der Waals surface area contributed by atoms with E-state index >= 15 is 0 Å². The summed E-state index contributed by atoms with van der Waals surface area (Å²) >= 11 is 5.92. The van der Waals surface area contributed by atoms with Crippen LogP contribution in [0.4, 0.5) is 0 Å². The third-order valence-corrected chi connectivity index (χ3v) is 5.26. The maximum atomic E-state index is 11.8. The number of aromatic amines is 1. The molecule has 0 radical (unpaired) electrons. The van der Waals surface area contributed by atoms with Crippen LogP contribution in [-0.4, -0.2) is 25.4 Å². The number of imidazole rings is 1. The molecule has 0 unspecified atom stereocenters. The van der Waals surface area contributed by atoms with Gasteiger partial charge >= 0.3 is 5.69 Å². The van der Waals surface area contributed by atoms with Crippen molar-refractivity contribution in [1.82, 2.24) is 19.3 Å². The third-order valence-electron chi connectivity index (χ3n) is 5.01. The molecule has 0 amide bonds. The largest absolute Gasteiger partial charge is 0.327 e. The van der Waals surface area contributed by atoms with Crippen molar-refractivity contribution in [3.63, 3.8) is 0 Å². The molecule has 28 heavy (non-hydrogen) atoms. The van der Waals surface area contributed by atoms with Crippen LogP contribution in [0.5, 0.6) is 0 Å². The van der Waals surface area contributed by atoms with Crippen molar-refractivity contribution in [1.29, 1.82) is 0 Å². The number of halogens is 1. The molecular weight excluding hydrogens is 374 g/mol. The average Bonchev–Trinajstić information content (AvgIpc) is 3.27. The summed E-state index contributed by atoms with van der Waals surface area (Å²) in [7, 11) is 1.76. The lowest BCUT2D eigenvalue weighted by Gasteiger charge is -2.11. The molecule has 0 bridgehead atoms. The molecule has 4 rings (SSSR count). The Labute approximate surface area is 167 Å². The molecule has 3 N–H and O–H groups in total. The van der Waals surface area contributed by atoms with E-state index in [-0.39, 0.29) is 11.7 Å². The first kappa shape index (κ1) is 18.5. The first-order valence-electron chi connectivity index (χ1n) is 9.21. The van der Waals surface area contributed by atoms with Gasteiger partial charge in [0.1, 0.15) is 0 Å². The van der Waals surface area contributed by atoms with E-state index in [1.807, 2.05) is 59.5 Å². The summed E-state index contributed by atoms with van der Waals surface area (Å²) < 4.78 is 3.52. The third kappa shape index (κ3) is 3.88. The molecule has 2 heterocycles. The highest BCUT2D eigenvalue weighted by Gasteiger charge is 2.09. The average molecular weight is 396 g/mol. The van der Waals surface area contributed by atoms with Gasteiger partial charge in [0.15, 0.2) is 0 Å². The summed E-state index contributed by atoms with van der Waals surface area (Å²) in [5.41, 5.74) is 11.1. The van der Waals surface area contributed by atoms with Gasteiger partial charge in [-0.15, -0.1) is 0 Å². The van der Waals surface area contributed by atoms with E-state index in [9.17, 15) is 4.79 Å². The highest BCUT2D eigenvalue weighted by Crippen LogP contribution is 2.22. The first-order valence-corrected chi connectivity index (χ1v) is 9.59. The molecule has 0 saturated heterocycles. The first-order chi connectivity index (χ1) is 13.5. The van der Waals surface area contributed by atoms with Crippen molar-refractivity contribution in [3.8, 4) is 11.1 Å². The fourth-order valence-electron chi connectivity index (χ4n) is 3.36. The fraction of sp³-hybridized carbons (Fsp3) is 0.238. The van der Waals surface area contributed by atoms with E-state index in [1.165, 1.54) is 5.56 Å². The number of aromatic nitrogens is 4. The minimum Gasteiger partial charge on any atom is -0.327 e. The van der Waals surface area contributed by atoms with E-state index in [2.05, 4.69) is 10.1 Å². The van der Waals surface area contributed by atoms with Crippen molar-refractivity contribution in [2.45, 2.75) is 25.4 Å². The van der Waals surface area contributed by atoms with Gasteiger partial charge in [-0.3, -0.25) is 9.25 Å². The minimum atomic E-state index is -0.113. The molecule has 6 nitrogen and oxygen atoms in total. The molecular formula is C21H22ClN5O. The molecule has 0 aliphatic rings. The highest BCUT2D eigenvalue weighted by atomic mass is 35.5. The Morgan fingerprint density at radius 2 is 1.96 bits per heavy atom. The zero-order valence-electron chi connectivity index (χ0n) is 15.6.